The molecule has 8 heteroatoms. The van der Waals surface area contributed by atoms with E-state index in [0.29, 0.717) is 18.8 Å². The third-order valence-electron chi connectivity index (χ3n) is 5.07. The third kappa shape index (κ3) is 3.96. The highest BCUT2D eigenvalue weighted by atomic mass is 19.4. The van der Waals surface area contributed by atoms with Crippen molar-refractivity contribution in [1.29, 1.82) is 0 Å². The summed E-state index contributed by atoms with van der Waals surface area (Å²) in [6, 6.07) is 12.0. The number of carbonyl (C=O) groups excluding carboxylic acids is 1. The lowest BCUT2D eigenvalue weighted by molar-refractivity contribution is -0.137. The van der Waals surface area contributed by atoms with Gasteiger partial charge in [-0.1, -0.05) is 24.3 Å². The summed E-state index contributed by atoms with van der Waals surface area (Å²) in [6.45, 7) is 0.884. The number of aromatic nitrogens is 2. The van der Waals surface area contributed by atoms with Gasteiger partial charge < -0.3 is 10.2 Å². The van der Waals surface area contributed by atoms with Gasteiger partial charge in [0.15, 0.2) is 0 Å². The molecule has 4 rings (SSSR count). The SMILES string of the molecule is Cn1cc(C2CN(C(=O)Nc3ccc(C(F)(F)F)cc3)Cc3ccccc32)cn1. The molecular formula is C21H19F3N4O. The van der Waals surface area contributed by atoms with Crippen molar-refractivity contribution >= 4 is 11.7 Å². The number of alkyl halides is 3. The summed E-state index contributed by atoms with van der Waals surface area (Å²) in [5.41, 5.74) is 2.76. The molecule has 1 aliphatic rings. The molecule has 150 valence electrons. The molecule has 5 nitrogen and oxygen atoms in total. The summed E-state index contributed by atoms with van der Waals surface area (Å²) in [6.07, 6.45) is -0.687. The van der Waals surface area contributed by atoms with Crippen LogP contribution in [0.3, 0.4) is 0 Å². The van der Waals surface area contributed by atoms with Crippen LogP contribution < -0.4 is 5.32 Å². The summed E-state index contributed by atoms with van der Waals surface area (Å²) in [7, 11) is 1.84. The zero-order valence-electron chi connectivity index (χ0n) is 15.6. The van der Waals surface area contributed by atoms with Crippen LogP contribution in [0, 0.1) is 0 Å². The van der Waals surface area contributed by atoms with E-state index in [1.807, 2.05) is 31.4 Å². The van der Waals surface area contributed by atoms with Gasteiger partial charge in [0.05, 0.1) is 11.8 Å². The van der Waals surface area contributed by atoms with Crippen LogP contribution in [0.4, 0.5) is 23.7 Å². The molecule has 29 heavy (non-hydrogen) atoms. The number of benzene rings is 2. The monoisotopic (exact) mass is 400 g/mol. The quantitative estimate of drug-likeness (QED) is 0.683. The Balaban J connectivity index is 1.55. The second-order valence-electron chi connectivity index (χ2n) is 7.08. The summed E-state index contributed by atoms with van der Waals surface area (Å²) in [5.74, 6) is -0.0213. The van der Waals surface area contributed by atoms with Crippen LogP contribution in [-0.4, -0.2) is 27.3 Å². The Morgan fingerprint density at radius 2 is 1.86 bits per heavy atom. The fourth-order valence-corrected chi connectivity index (χ4v) is 3.61. The van der Waals surface area contributed by atoms with E-state index in [1.54, 1.807) is 15.8 Å². The zero-order chi connectivity index (χ0) is 20.6. The van der Waals surface area contributed by atoms with Crippen LogP contribution in [0.2, 0.25) is 0 Å². The molecule has 0 saturated heterocycles. The van der Waals surface area contributed by atoms with Crippen LogP contribution >= 0.6 is 0 Å². The van der Waals surface area contributed by atoms with Crippen LogP contribution in [0.15, 0.2) is 60.9 Å². The lowest BCUT2D eigenvalue weighted by atomic mass is 9.86. The predicted octanol–water partition coefficient (Wildman–Crippen LogP) is 4.62. The molecule has 0 radical (unpaired) electrons. The van der Waals surface area contributed by atoms with Gasteiger partial charge in [0, 0.05) is 37.9 Å². The van der Waals surface area contributed by atoms with Crippen molar-refractivity contribution in [1.82, 2.24) is 14.7 Å². The first-order valence-electron chi connectivity index (χ1n) is 9.11. The molecule has 1 atom stereocenters. The third-order valence-corrected chi connectivity index (χ3v) is 5.07. The fourth-order valence-electron chi connectivity index (χ4n) is 3.61. The molecule has 0 fully saturated rings. The van der Waals surface area contributed by atoms with Crippen LogP contribution in [0.25, 0.3) is 0 Å². The fraction of sp³-hybridized carbons (Fsp3) is 0.238. The molecule has 2 amide bonds. The maximum Gasteiger partial charge on any atom is 0.416 e. The Morgan fingerprint density at radius 3 is 2.52 bits per heavy atom. The summed E-state index contributed by atoms with van der Waals surface area (Å²) in [5, 5.41) is 6.93. The summed E-state index contributed by atoms with van der Waals surface area (Å²) >= 11 is 0. The largest absolute Gasteiger partial charge is 0.416 e. The molecular weight excluding hydrogens is 381 g/mol. The van der Waals surface area contributed by atoms with Crippen LogP contribution in [0.1, 0.15) is 28.2 Å². The Morgan fingerprint density at radius 1 is 1.14 bits per heavy atom. The Kier molecular flexibility index (Phi) is 4.77. The topological polar surface area (TPSA) is 50.2 Å². The van der Waals surface area contributed by atoms with Crippen molar-refractivity contribution in [2.24, 2.45) is 7.05 Å². The number of hydrogen-bond acceptors (Lipinski definition) is 2. The number of carbonyl (C=O) groups is 1. The second-order valence-corrected chi connectivity index (χ2v) is 7.08. The van der Waals surface area contributed by atoms with Crippen molar-refractivity contribution < 1.29 is 18.0 Å². The molecule has 1 N–H and O–H groups in total. The van der Waals surface area contributed by atoms with E-state index >= 15 is 0 Å². The van der Waals surface area contributed by atoms with Gasteiger partial charge in [-0.3, -0.25) is 4.68 Å². The van der Waals surface area contributed by atoms with Gasteiger partial charge in [-0.15, -0.1) is 0 Å². The van der Waals surface area contributed by atoms with Crippen molar-refractivity contribution in [2.75, 3.05) is 11.9 Å². The van der Waals surface area contributed by atoms with Crippen LogP contribution in [-0.2, 0) is 19.8 Å². The standard InChI is InChI=1S/C21H19F3N4O/c1-27-11-15(10-25-27)19-13-28(12-14-4-2-3-5-18(14)19)20(29)26-17-8-6-16(7-9-17)21(22,23)24/h2-11,19H,12-13H2,1H3,(H,26,29). The molecule has 0 spiro atoms. The number of fused-ring (bicyclic) bond motifs is 1. The molecule has 1 aromatic heterocycles. The van der Waals surface area contributed by atoms with Gasteiger partial charge in [0.1, 0.15) is 0 Å². The molecule has 2 heterocycles. The highest BCUT2D eigenvalue weighted by Gasteiger charge is 2.31. The van der Waals surface area contributed by atoms with E-state index < -0.39 is 11.7 Å². The molecule has 3 aromatic rings. The highest BCUT2D eigenvalue weighted by Crippen LogP contribution is 2.34. The molecule has 0 saturated carbocycles. The summed E-state index contributed by atoms with van der Waals surface area (Å²) in [4.78, 5) is 14.5. The maximum absolute atomic E-state index is 12.8. The first kappa shape index (κ1) is 19.0. The lowest BCUT2D eigenvalue weighted by Crippen LogP contribution is -2.41. The van der Waals surface area contributed by atoms with Gasteiger partial charge in [0.25, 0.3) is 0 Å². The van der Waals surface area contributed by atoms with E-state index in [0.717, 1.165) is 28.8 Å². The van der Waals surface area contributed by atoms with Crippen molar-refractivity contribution in [3.05, 3.63) is 83.2 Å². The van der Waals surface area contributed by atoms with Crippen molar-refractivity contribution in [3.63, 3.8) is 0 Å². The number of aryl methyl sites for hydroxylation is 1. The first-order chi connectivity index (χ1) is 13.8. The maximum atomic E-state index is 12.8. The molecule has 2 aromatic carbocycles. The normalized spacial score (nSPS) is 16.4. The van der Waals surface area contributed by atoms with Crippen LogP contribution in [0.5, 0.6) is 0 Å². The number of nitrogens with one attached hydrogen (secondary N) is 1. The zero-order valence-corrected chi connectivity index (χ0v) is 15.6. The van der Waals surface area contributed by atoms with Gasteiger partial charge in [0.2, 0.25) is 0 Å². The summed E-state index contributed by atoms with van der Waals surface area (Å²) < 4.78 is 39.9. The smallest absolute Gasteiger partial charge is 0.319 e. The minimum Gasteiger partial charge on any atom is -0.319 e. The van der Waals surface area contributed by atoms with Gasteiger partial charge in [-0.05, 0) is 41.0 Å². The predicted molar refractivity (Wildman–Crippen MR) is 102 cm³/mol. The number of halogens is 3. The van der Waals surface area contributed by atoms with E-state index in [9.17, 15) is 18.0 Å². The molecule has 1 unspecified atom stereocenters. The molecule has 0 aliphatic carbocycles. The average Bonchev–Trinajstić information content (AvgIpc) is 3.13. The average molecular weight is 400 g/mol. The Labute approximate surface area is 165 Å². The number of anilines is 1. The molecule has 0 bridgehead atoms. The van der Waals surface area contributed by atoms with Gasteiger partial charge >= 0.3 is 12.2 Å². The number of amides is 2. The van der Waals surface area contributed by atoms with E-state index in [-0.39, 0.29) is 11.9 Å². The number of hydrogen-bond donors (Lipinski definition) is 1. The minimum absolute atomic E-state index is 0.0213. The number of rotatable bonds is 2. The van der Waals surface area contributed by atoms with Gasteiger partial charge in [-0.25, -0.2) is 4.79 Å². The Hall–Kier alpha value is -3.29. The van der Waals surface area contributed by atoms with Crippen molar-refractivity contribution in [3.8, 4) is 0 Å². The van der Waals surface area contributed by atoms with E-state index in [2.05, 4.69) is 16.5 Å². The highest BCUT2D eigenvalue weighted by molar-refractivity contribution is 5.89. The lowest BCUT2D eigenvalue weighted by Gasteiger charge is -2.34. The second kappa shape index (κ2) is 7.27. The number of urea groups is 1. The number of nitrogens with zero attached hydrogens (tertiary/aromatic N) is 3. The Bertz CT molecular complexity index is 1030. The van der Waals surface area contributed by atoms with E-state index in [4.69, 9.17) is 0 Å². The molecule has 1 aliphatic heterocycles. The van der Waals surface area contributed by atoms with Gasteiger partial charge in [-0.2, -0.15) is 18.3 Å². The van der Waals surface area contributed by atoms with Crippen molar-refractivity contribution in [2.45, 2.75) is 18.6 Å². The minimum atomic E-state index is -4.41. The van der Waals surface area contributed by atoms with E-state index in [1.165, 1.54) is 12.1 Å². The first-order valence-corrected chi connectivity index (χ1v) is 9.11.